The third-order valence-electron chi connectivity index (χ3n) is 2.74. The molecular formula is C15H11ClN2O. The van der Waals surface area contributed by atoms with Gasteiger partial charge < -0.3 is 4.74 Å². The smallest absolute Gasteiger partial charge is 0.138 e. The van der Waals surface area contributed by atoms with E-state index in [-0.39, 0.29) is 0 Å². The van der Waals surface area contributed by atoms with Gasteiger partial charge in [-0.25, -0.2) is 9.97 Å². The van der Waals surface area contributed by atoms with Crippen LogP contribution in [0.4, 0.5) is 0 Å². The molecule has 1 aromatic carbocycles. The fourth-order valence-corrected chi connectivity index (χ4v) is 1.91. The van der Waals surface area contributed by atoms with Crippen LogP contribution in [0.2, 0.25) is 5.15 Å². The van der Waals surface area contributed by atoms with Crippen molar-refractivity contribution in [2.45, 2.75) is 6.61 Å². The summed E-state index contributed by atoms with van der Waals surface area (Å²) in [5, 5.41) is 1.58. The minimum atomic E-state index is 0.411. The maximum absolute atomic E-state index is 5.72. The summed E-state index contributed by atoms with van der Waals surface area (Å²) in [5.74, 6) is 0.680. The second-order valence-electron chi connectivity index (χ2n) is 4.10. The Morgan fingerprint density at radius 3 is 2.74 bits per heavy atom. The Hall–Kier alpha value is -2.13. The van der Waals surface area contributed by atoms with Crippen molar-refractivity contribution in [3.05, 3.63) is 65.6 Å². The molecule has 94 valence electrons. The molecule has 0 spiro atoms. The van der Waals surface area contributed by atoms with E-state index in [1.165, 1.54) is 0 Å². The van der Waals surface area contributed by atoms with Crippen molar-refractivity contribution in [1.82, 2.24) is 9.97 Å². The quantitative estimate of drug-likeness (QED) is 0.678. The van der Waals surface area contributed by atoms with Crippen LogP contribution in [0, 0.1) is 0 Å². The Bertz CT molecular complexity index is 698. The predicted octanol–water partition coefficient (Wildman–Crippen LogP) is 3.86. The van der Waals surface area contributed by atoms with Gasteiger partial charge in [0.25, 0.3) is 0 Å². The lowest BCUT2D eigenvalue weighted by Gasteiger charge is -2.06. The highest BCUT2D eigenvalue weighted by molar-refractivity contribution is 6.29. The molecule has 0 aliphatic carbocycles. The molecule has 3 rings (SSSR count). The standard InChI is InChI=1S/C15H11ClN2O/c16-15-8-7-13(9-17-15)19-10-12-6-5-11-3-1-2-4-14(11)18-12/h1-9H,10H2. The van der Waals surface area contributed by atoms with E-state index in [0.717, 1.165) is 16.6 Å². The first-order chi connectivity index (χ1) is 9.31. The summed E-state index contributed by atoms with van der Waals surface area (Å²) in [6.45, 7) is 0.411. The van der Waals surface area contributed by atoms with Crippen molar-refractivity contribution >= 4 is 22.5 Å². The average Bonchev–Trinajstić information content (AvgIpc) is 2.46. The topological polar surface area (TPSA) is 35.0 Å². The zero-order valence-corrected chi connectivity index (χ0v) is 10.8. The van der Waals surface area contributed by atoms with Crippen molar-refractivity contribution in [3.63, 3.8) is 0 Å². The summed E-state index contributed by atoms with van der Waals surface area (Å²) in [4.78, 5) is 8.50. The molecule has 2 heterocycles. The van der Waals surface area contributed by atoms with Crippen molar-refractivity contribution in [2.24, 2.45) is 0 Å². The summed E-state index contributed by atoms with van der Waals surface area (Å²) in [6, 6.07) is 15.5. The van der Waals surface area contributed by atoms with E-state index >= 15 is 0 Å². The van der Waals surface area contributed by atoms with Crippen LogP contribution < -0.4 is 4.74 Å². The van der Waals surface area contributed by atoms with E-state index in [1.54, 1.807) is 18.3 Å². The molecule has 2 aromatic heterocycles. The SMILES string of the molecule is Clc1ccc(OCc2ccc3ccccc3n2)cn1. The number of pyridine rings is 2. The number of halogens is 1. The normalized spacial score (nSPS) is 10.6. The summed E-state index contributed by atoms with van der Waals surface area (Å²) < 4.78 is 5.61. The Kier molecular flexibility index (Phi) is 3.29. The zero-order chi connectivity index (χ0) is 13.1. The first-order valence-electron chi connectivity index (χ1n) is 5.90. The van der Waals surface area contributed by atoms with Gasteiger partial charge in [-0.1, -0.05) is 35.9 Å². The van der Waals surface area contributed by atoms with Crippen molar-refractivity contribution in [2.75, 3.05) is 0 Å². The van der Waals surface area contributed by atoms with Crippen LogP contribution in [0.15, 0.2) is 54.7 Å². The van der Waals surface area contributed by atoms with Gasteiger partial charge in [0.15, 0.2) is 0 Å². The van der Waals surface area contributed by atoms with Gasteiger partial charge in [0.05, 0.1) is 17.4 Å². The molecule has 0 amide bonds. The molecule has 3 aromatic rings. The largest absolute Gasteiger partial charge is 0.486 e. The van der Waals surface area contributed by atoms with Crippen LogP contribution in [-0.2, 0) is 6.61 Å². The van der Waals surface area contributed by atoms with Crippen LogP contribution >= 0.6 is 11.6 Å². The van der Waals surface area contributed by atoms with Gasteiger partial charge >= 0.3 is 0 Å². The molecule has 0 bridgehead atoms. The van der Waals surface area contributed by atoms with Crippen molar-refractivity contribution in [1.29, 1.82) is 0 Å². The van der Waals surface area contributed by atoms with Crippen molar-refractivity contribution in [3.8, 4) is 5.75 Å². The minimum Gasteiger partial charge on any atom is -0.486 e. The molecule has 0 atom stereocenters. The molecular weight excluding hydrogens is 260 g/mol. The molecule has 3 nitrogen and oxygen atoms in total. The molecule has 0 fully saturated rings. The number of benzene rings is 1. The second-order valence-corrected chi connectivity index (χ2v) is 4.49. The van der Waals surface area contributed by atoms with Crippen LogP contribution in [0.5, 0.6) is 5.75 Å². The Labute approximate surface area is 115 Å². The van der Waals surface area contributed by atoms with Gasteiger partial charge in [0.1, 0.15) is 17.5 Å². The number of hydrogen-bond acceptors (Lipinski definition) is 3. The summed E-state index contributed by atoms with van der Waals surface area (Å²) >= 11 is 5.72. The fraction of sp³-hybridized carbons (Fsp3) is 0.0667. The monoisotopic (exact) mass is 270 g/mol. The Morgan fingerprint density at radius 2 is 1.89 bits per heavy atom. The fourth-order valence-electron chi connectivity index (χ4n) is 1.79. The highest BCUT2D eigenvalue weighted by Crippen LogP contribution is 2.15. The van der Waals surface area contributed by atoms with Crippen molar-refractivity contribution < 1.29 is 4.74 Å². The van der Waals surface area contributed by atoms with Gasteiger partial charge in [-0.2, -0.15) is 0 Å². The maximum Gasteiger partial charge on any atom is 0.138 e. The molecule has 0 aliphatic heterocycles. The van der Waals surface area contributed by atoms with E-state index in [9.17, 15) is 0 Å². The third-order valence-corrected chi connectivity index (χ3v) is 2.97. The number of rotatable bonds is 3. The van der Waals surface area contributed by atoms with E-state index in [2.05, 4.69) is 9.97 Å². The highest BCUT2D eigenvalue weighted by Gasteiger charge is 2.00. The third kappa shape index (κ3) is 2.83. The summed E-state index contributed by atoms with van der Waals surface area (Å²) in [7, 11) is 0. The molecule has 0 saturated carbocycles. The van der Waals surface area contributed by atoms with Gasteiger partial charge in [0.2, 0.25) is 0 Å². The predicted molar refractivity (Wildman–Crippen MR) is 75.3 cm³/mol. The summed E-state index contributed by atoms with van der Waals surface area (Å²) in [6.07, 6.45) is 1.60. The van der Waals surface area contributed by atoms with Gasteiger partial charge in [-0.15, -0.1) is 0 Å². The Morgan fingerprint density at radius 1 is 1.00 bits per heavy atom. The van der Waals surface area contributed by atoms with E-state index < -0.39 is 0 Å². The molecule has 19 heavy (non-hydrogen) atoms. The lowest BCUT2D eigenvalue weighted by molar-refractivity contribution is 0.300. The second kappa shape index (κ2) is 5.24. The molecule has 0 unspecified atom stereocenters. The number of hydrogen-bond donors (Lipinski definition) is 0. The number of fused-ring (bicyclic) bond motifs is 1. The molecule has 0 N–H and O–H groups in total. The minimum absolute atomic E-state index is 0.411. The van der Waals surface area contributed by atoms with Crippen LogP contribution in [0.1, 0.15) is 5.69 Å². The van der Waals surface area contributed by atoms with Gasteiger partial charge in [-0.05, 0) is 24.3 Å². The average molecular weight is 271 g/mol. The van der Waals surface area contributed by atoms with Crippen LogP contribution in [0.25, 0.3) is 10.9 Å². The number of para-hydroxylation sites is 1. The zero-order valence-electron chi connectivity index (χ0n) is 10.1. The molecule has 0 aliphatic rings. The maximum atomic E-state index is 5.72. The number of aromatic nitrogens is 2. The van der Waals surface area contributed by atoms with E-state index in [4.69, 9.17) is 16.3 Å². The summed E-state index contributed by atoms with van der Waals surface area (Å²) in [5.41, 5.74) is 1.85. The van der Waals surface area contributed by atoms with Gasteiger partial charge in [-0.3, -0.25) is 0 Å². The number of nitrogens with zero attached hydrogens (tertiary/aromatic N) is 2. The number of ether oxygens (including phenoxy) is 1. The van der Waals surface area contributed by atoms with Gasteiger partial charge in [0, 0.05) is 5.39 Å². The highest BCUT2D eigenvalue weighted by atomic mass is 35.5. The lowest BCUT2D eigenvalue weighted by Crippen LogP contribution is -1.98. The molecule has 0 radical (unpaired) electrons. The molecule has 4 heteroatoms. The van der Waals surface area contributed by atoms with Crippen LogP contribution in [-0.4, -0.2) is 9.97 Å². The van der Waals surface area contributed by atoms with E-state index in [1.807, 2.05) is 36.4 Å². The van der Waals surface area contributed by atoms with Crippen LogP contribution in [0.3, 0.4) is 0 Å². The molecule has 0 saturated heterocycles. The Balaban J connectivity index is 1.76. The lowest BCUT2D eigenvalue weighted by atomic mass is 10.2. The van der Waals surface area contributed by atoms with E-state index in [0.29, 0.717) is 17.5 Å². The first kappa shape index (κ1) is 11.9. The first-order valence-corrected chi connectivity index (χ1v) is 6.28.